The second-order valence-corrected chi connectivity index (χ2v) is 5.92. The number of carboxylic acid groups (broad SMARTS) is 1. The van der Waals surface area contributed by atoms with Gasteiger partial charge in [0.2, 0.25) is 5.91 Å². The van der Waals surface area contributed by atoms with Crippen molar-refractivity contribution < 1.29 is 19.5 Å². The standard InChI is InChI=1S/C13H21N3O4/c1-13(3-2-4-13)8-15-12(20)16-6-5-14-11(19)9(16)7-10(17)18/h9H,2-8H2,1H3,(H,14,19)(H,15,20)(H,17,18). The molecular formula is C13H21N3O4. The molecular weight excluding hydrogens is 262 g/mol. The van der Waals surface area contributed by atoms with E-state index in [0.29, 0.717) is 19.6 Å². The Hall–Kier alpha value is -1.79. The highest BCUT2D eigenvalue weighted by Crippen LogP contribution is 2.39. The summed E-state index contributed by atoms with van der Waals surface area (Å²) in [5, 5.41) is 14.3. The molecule has 3 N–H and O–H groups in total. The van der Waals surface area contributed by atoms with Crippen LogP contribution in [0.3, 0.4) is 0 Å². The molecule has 7 nitrogen and oxygen atoms in total. The van der Waals surface area contributed by atoms with E-state index < -0.39 is 17.9 Å². The van der Waals surface area contributed by atoms with Crippen LogP contribution in [0.4, 0.5) is 4.79 Å². The fourth-order valence-electron chi connectivity index (χ4n) is 2.67. The second kappa shape index (κ2) is 5.68. The zero-order valence-corrected chi connectivity index (χ0v) is 11.6. The summed E-state index contributed by atoms with van der Waals surface area (Å²) in [5.74, 6) is -1.49. The number of urea groups is 1. The lowest BCUT2D eigenvalue weighted by Gasteiger charge is -2.40. The van der Waals surface area contributed by atoms with Crippen LogP contribution in [0.15, 0.2) is 0 Å². The average Bonchev–Trinajstić information content (AvgIpc) is 2.35. The highest BCUT2D eigenvalue weighted by molar-refractivity contribution is 5.91. The molecule has 1 aliphatic heterocycles. The first-order valence-electron chi connectivity index (χ1n) is 6.95. The van der Waals surface area contributed by atoms with Crippen molar-refractivity contribution in [3.63, 3.8) is 0 Å². The zero-order valence-electron chi connectivity index (χ0n) is 11.6. The van der Waals surface area contributed by atoms with E-state index in [0.717, 1.165) is 12.8 Å². The highest BCUT2D eigenvalue weighted by Gasteiger charge is 2.36. The van der Waals surface area contributed by atoms with Gasteiger partial charge in [-0.1, -0.05) is 13.3 Å². The van der Waals surface area contributed by atoms with Crippen LogP contribution in [0.1, 0.15) is 32.6 Å². The predicted octanol–water partition coefficient (Wildman–Crippen LogP) is 0.161. The van der Waals surface area contributed by atoms with Gasteiger partial charge in [-0.3, -0.25) is 9.59 Å². The number of rotatable bonds is 4. The van der Waals surface area contributed by atoms with E-state index >= 15 is 0 Å². The van der Waals surface area contributed by atoms with E-state index in [-0.39, 0.29) is 17.9 Å². The maximum atomic E-state index is 12.2. The number of amides is 3. The second-order valence-electron chi connectivity index (χ2n) is 5.92. The number of carbonyl (C=O) groups is 3. The van der Waals surface area contributed by atoms with Gasteiger partial charge in [-0.2, -0.15) is 0 Å². The van der Waals surface area contributed by atoms with E-state index in [1.54, 1.807) is 0 Å². The maximum absolute atomic E-state index is 12.2. The molecule has 0 bridgehead atoms. The Kier molecular flexibility index (Phi) is 4.15. The highest BCUT2D eigenvalue weighted by atomic mass is 16.4. The molecule has 1 heterocycles. The Bertz CT molecular complexity index is 420. The number of hydrogen-bond donors (Lipinski definition) is 3. The fraction of sp³-hybridized carbons (Fsp3) is 0.769. The van der Waals surface area contributed by atoms with Gasteiger partial charge in [0.25, 0.3) is 0 Å². The van der Waals surface area contributed by atoms with Crippen molar-refractivity contribution >= 4 is 17.9 Å². The van der Waals surface area contributed by atoms with E-state index in [2.05, 4.69) is 17.6 Å². The van der Waals surface area contributed by atoms with Gasteiger partial charge in [0.15, 0.2) is 0 Å². The lowest BCUT2D eigenvalue weighted by Crippen LogP contribution is -2.60. The maximum Gasteiger partial charge on any atom is 0.318 e. The molecule has 1 saturated carbocycles. The normalized spacial score (nSPS) is 24.6. The number of nitrogens with zero attached hydrogens (tertiary/aromatic N) is 1. The van der Waals surface area contributed by atoms with Crippen LogP contribution in [0.5, 0.6) is 0 Å². The third-order valence-corrected chi connectivity index (χ3v) is 4.19. The number of piperazine rings is 1. The van der Waals surface area contributed by atoms with Gasteiger partial charge < -0.3 is 20.6 Å². The molecule has 3 amide bonds. The van der Waals surface area contributed by atoms with E-state index in [1.165, 1.54) is 11.3 Å². The SMILES string of the molecule is CC1(CNC(=O)N2CCNC(=O)C2CC(=O)O)CCC1. The molecule has 1 atom stereocenters. The van der Waals surface area contributed by atoms with Gasteiger partial charge in [-0.25, -0.2) is 4.79 Å². The van der Waals surface area contributed by atoms with Crippen LogP contribution < -0.4 is 10.6 Å². The van der Waals surface area contributed by atoms with Crippen molar-refractivity contribution in [1.29, 1.82) is 0 Å². The topological polar surface area (TPSA) is 98.7 Å². The molecule has 1 saturated heterocycles. The fourth-order valence-corrected chi connectivity index (χ4v) is 2.67. The molecule has 0 aromatic carbocycles. The number of nitrogens with one attached hydrogen (secondary N) is 2. The molecule has 1 aliphatic carbocycles. The minimum atomic E-state index is -1.09. The lowest BCUT2D eigenvalue weighted by atomic mass is 9.70. The zero-order chi connectivity index (χ0) is 14.8. The van der Waals surface area contributed by atoms with Gasteiger partial charge in [-0.15, -0.1) is 0 Å². The van der Waals surface area contributed by atoms with Crippen LogP contribution in [-0.2, 0) is 9.59 Å². The first-order valence-corrected chi connectivity index (χ1v) is 6.95. The molecule has 20 heavy (non-hydrogen) atoms. The summed E-state index contributed by atoms with van der Waals surface area (Å²) < 4.78 is 0. The smallest absolute Gasteiger partial charge is 0.318 e. The molecule has 112 valence electrons. The lowest BCUT2D eigenvalue weighted by molar-refractivity contribution is -0.142. The first-order chi connectivity index (χ1) is 9.41. The van der Waals surface area contributed by atoms with E-state index in [1.807, 2.05) is 0 Å². The molecule has 2 aliphatic rings. The Balaban J connectivity index is 1.94. The van der Waals surface area contributed by atoms with Crippen molar-refractivity contribution in [1.82, 2.24) is 15.5 Å². The Morgan fingerprint density at radius 1 is 1.50 bits per heavy atom. The van der Waals surface area contributed by atoms with E-state index in [9.17, 15) is 14.4 Å². The van der Waals surface area contributed by atoms with Gasteiger partial charge in [0.1, 0.15) is 6.04 Å². The molecule has 0 aromatic heterocycles. The molecule has 0 spiro atoms. The minimum absolute atomic E-state index is 0.149. The molecule has 0 aromatic rings. The minimum Gasteiger partial charge on any atom is -0.481 e. The summed E-state index contributed by atoms with van der Waals surface area (Å²) in [4.78, 5) is 36.0. The number of hydrogen-bond acceptors (Lipinski definition) is 3. The Morgan fingerprint density at radius 2 is 2.20 bits per heavy atom. The van der Waals surface area contributed by atoms with Gasteiger partial charge in [-0.05, 0) is 18.3 Å². The van der Waals surface area contributed by atoms with E-state index in [4.69, 9.17) is 5.11 Å². The predicted molar refractivity (Wildman–Crippen MR) is 71.1 cm³/mol. The first kappa shape index (κ1) is 14.6. The van der Waals surface area contributed by atoms with Crippen molar-refractivity contribution in [3.8, 4) is 0 Å². The van der Waals surface area contributed by atoms with Crippen molar-refractivity contribution in [3.05, 3.63) is 0 Å². The molecule has 7 heteroatoms. The third-order valence-electron chi connectivity index (χ3n) is 4.19. The molecule has 2 rings (SSSR count). The number of carboxylic acids is 1. The van der Waals surface area contributed by atoms with Crippen molar-refractivity contribution in [2.75, 3.05) is 19.6 Å². The van der Waals surface area contributed by atoms with Crippen LogP contribution in [0.2, 0.25) is 0 Å². The Morgan fingerprint density at radius 3 is 2.75 bits per heavy atom. The summed E-state index contributed by atoms with van der Waals surface area (Å²) in [6, 6.07) is -1.27. The van der Waals surface area contributed by atoms with Crippen LogP contribution in [0.25, 0.3) is 0 Å². The van der Waals surface area contributed by atoms with Crippen LogP contribution >= 0.6 is 0 Å². The van der Waals surface area contributed by atoms with Gasteiger partial charge in [0, 0.05) is 19.6 Å². The molecule has 2 fully saturated rings. The van der Waals surface area contributed by atoms with Crippen LogP contribution in [0, 0.1) is 5.41 Å². The number of aliphatic carboxylic acids is 1. The Labute approximate surface area is 117 Å². The third kappa shape index (κ3) is 3.20. The molecule has 0 radical (unpaired) electrons. The monoisotopic (exact) mass is 283 g/mol. The van der Waals surface area contributed by atoms with Gasteiger partial charge >= 0.3 is 12.0 Å². The number of carbonyl (C=O) groups excluding carboxylic acids is 2. The summed E-state index contributed by atoms with van der Waals surface area (Å²) >= 11 is 0. The van der Waals surface area contributed by atoms with Crippen molar-refractivity contribution in [2.45, 2.75) is 38.6 Å². The van der Waals surface area contributed by atoms with Crippen molar-refractivity contribution in [2.24, 2.45) is 5.41 Å². The largest absolute Gasteiger partial charge is 0.481 e. The summed E-state index contributed by atoms with van der Waals surface area (Å²) in [6.45, 7) is 3.39. The van der Waals surface area contributed by atoms with Gasteiger partial charge in [0.05, 0.1) is 6.42 Å². The summed E-state index contributed by atoms with van der Waals surface area (Å²) in [7, 11) is 0. The average molecular weight is 283 g/mol. The summed E-state index contributed by atoms with van der Waals surface area (Å²) in [6.07, 6.45) is 3.00. The summed E-state index contributed by atoms with van der Waals surface area (Å²) in [5.41, 5.74) is 0.149. The van der Waals surface area contributed by atoms with Crippen LogP contribution in [-0.4, -0.2) is 53.6 Å². The molecule has 1 unspecified atom stereocenters. The quantitative estimate of drug-likeness (QED) is 0.684.